The summed E-state index contributed by atoms with van der Waals surface area (Å²) in [4.78, 5) is 29.7. The Kier molecular flexibility index (Phi) is 5.45. The fraction of sp³-hybridized carbons (Fsp3) is 0.391. The first-order chi connectivity index (χ1) is 13.3. The van der Waals surface area contributed by atoms with Crippen LogP contribution in [0.5, 0.6) is 0 Å². The zero-order valence-corrected chi connectivity index (χ0v) is 17.2. The predicted molar refractivity (Wildman–Crippen MR) is 112 cm³/mol. The van der Waals surface area contributed by atoms with Crippen LogP contribution in [0.3, 0.4) is 0 Å². The minimum absolute atomic E-state index is 0.145. The van der Waals surface area contributed by atoms with Gasteiger partial charge >= 0.3 is 5.97 Å². The topological polar surface area (TPSA) is 49.9 Å². The molecule has 1 unspecified atom stereocenters. The van der Waals surface area contributed by atoms with Gasteiger partial charge < -0.3 is 14.5 Å². The van der Waals surface area contributed by atoms with Crippen LogP contribution in [0.1, 0.15) is 30.4 Å². The summed E-state index contributed by atoms with van der Waals surface area (Å²) in [6, 6.07) is 16.1. The minimum Gasteiger partial charge on any atom is -0.465 e. The molecule has 0 aliphatic carbocycles. The second-order valence-electron chi connectivity index (χ2n) is 7.82. The first kappa shape index (κ1) is 19.9. The highest BCUT2D eigenvalue weighted by Gasteiger charge is 2.55. The van der Waals surface area contributed by atoms with Crippen molar-refractivity contribution in [3.8, 4) is 0 Å². The Labute approximate surface area is 166 Å². The molecular formula is C23H28N2O3. The molecule has 0 spiro atoms. The normalized spacial score (nSPS) is 18.9. The van der Waals surface area contributed by atoms with Crippen LogP contribution in [-0.4, -0.2) is 46.6 Å². The molecule has 5 heteroatoms. The SMILES string of the molecule is CC(=O)C1(C(c2ccc(N(C)C)cc2)c2ccc(N(C)C)cc2)CCOC1=O. The first-order valence-electron chi connectivity index (χ1n) is 9.50. The van der Waals surface area contributed by atoms with E-state index in [-0.39, 0.29) is 18.3 Å². The van der Waals surface area contributed by atoms with Gasteiger partial charge in [-0.25, -0.2) is 0 Å². The van der Waals surface area contributed by atoms with Crippen molar-refractivity contribution in [1.29, 1.82) is 0 Å². The molecule has 0 saturated carbocycles. The predicted octanol–water partition coefficient (Wildman–Crippen LogP) is 3.47. The third-order valence-corrected chi connectivity index (χ3v) is 5.70. The molecule has 2 aromatic carbocycles. The van der Waals surface area contributed by atoms with Gasteiger partial charge in [-0.3, -0.25) is 9.59 Å². The van der Waals surface area contributed by atoms with E-state index >= 15 is 0 Å². The van der Waals surface area contributed by atoms with Crippen LogP contribution < -0.4 is 9.80 Å². The van der Waals surface area contributed by atoms with Gasteiger partial charge in [-0.05, 0) is 42.3 Å². The van der Waals surface area contributed by atoms with Crippen molar-refractivity contribution in [2.75, 3.05) is 44.6 Å². The Balaban J connectivity index is 2.16. The maximum Gasteiger partial charge on any atom is 0.320 e. The molecule has 28 heavy (non-hydrogen) atoms. The number of carbonyl (C=O) groups is 2. The number of benzene rings is 2. The van der Waals surface area contributed by atoms with Crippen LogP contribution in [0.4, 0.5) is 11.4 Å². The van der Waals surface area contributed by atoms with Crippen molar-refractivity contribution in [2.45, 2.75) is 19.3 Å². The van der Waals surface area contributed by atoms with E-state index in [1.54, 1.807) is 0 Å². The highest BCUT2D eigenvalue weighted by Crippen LogP contribution is 2.48. The van der Waals surface area contributed by atoms with Gasteiger partial charge in [0.2, 0.25) is 0 Å². The summed E-state index contributed by atoms with van der Waals surface area (Å²) in [6.45, 7) is 1.78. The van der Waals surface area contributed by atoms with Gasteiger partial charge in [0.25, 0.3) is 0 Å². The standard InChI is InChI=1S/C23H28N2O3/c1-16(26)23(14-15-28-22(23)27)21(17-6-10-19(11-7-17)24(2)3)18-8-12-20(13-9-18)25(4)5/h6-13,21H,14-15H2,1-5H3. The summed E-state index contributed by atoms with van der Waals surface area (Å²) in [6.07, 6.45) is 0.400. The average molecular weight is 380 g/mol. The van der Waals surface area contributed by atoms with E-state index in [4.69, 9.17) is 4.74 Å². The van der Waals surface area contributed by atoms with E-state index in [0.29, 0.717) is 6.42 Å². The van der Waals surface area contributed by atoms with E-state index in [0.717, 1.165) is 22.5 Å². The third-order valence-electron chi connectivity index (χ3n) is 5.70. The molecule has 1 aliphatic heterocycles. The van der Waals surface area contributed by atoms with Crippen molar-refractivity contribution in [2.24, 2.45) is 5.41 Å². The monoisotopic (exact) mass is 380 g/mol. The van der Waals surface area contributed by atoms with Gasteiger partial charge in [0.1, 0.15) is 11.2 Å². The highest BCUT2D eigenvalue weighted by molar-refractivity contribution is 6.05. The van der Waals surface area contributed by atoms with E-state index in [2.05, 4.69) is 0 Å². The molecule has 148 valence electrons. The summed E-state index contributed by atoms with van der Waals surface area (Å²) >= 11 is 0. The Morgan fingerprint density at radius 2 is 1.32 bits per heavy atom. The highest BCUT2D eigenvalue weighted by atomic mass is 16.5. The molecule has 2 aromatic rings. The van der Waals surface area contributed by atoms with E-state index in [1.807, 2.05) is 86.5 Å². The Bertz CT molecular complexity index is 805. The molecule has 0 aromatic heterocycles. The lowest BCUT2D eigenvalue weighted by molar-refractivity contribution is -0.151. The number of hydrogen-bond acceptors (Lipinski definition) is 5. The number of anilines is 2. The number of Topliss-reactive ketones (excluding diaryl/α,β-unsaturated/α-hetero) is 1. The summed E-state index contributed by atoms with van der Waals surface area (Å²) < 4.78 is 5.30. The molecule has 3 rings (SSSR count). The molecule has 1 atom stereocenters. The average Bonchev–Trinajstić information content (AvgIpc) is 3.05. The Morgan fingerprint density at radius 1 is 0.893 bits per heavy atom. The molecule has 0 amide bonds. The van der Waals surface area contributed by atoms with Crippen LogP contribution in [0.2, 0.25) is 0 Å². The van der Waals surface area contributed by atoms with Crippen molar-refractivity contribution in [3.63, 3.8) is 0 Å². The molecule has 0 radical (unpaired) electrons. The van der Waals surface area contributed by atoms with Crippen LogP contribution in [0.15, 0.2) is 48.5 Å². The van der Waals surface area contributed by atoms with Crippen molar-refractivity contribution < 1.29 is 14.3 Å². The fourth-order valence-corrected chi connectivity index (χ4v) is 4.01. The molecule has 5 nitrogen and oxygen atoms in total. The zero-order valence-electron chi connectivity index (χ0n) is 17.2. The van der Waals surface area contributed by atoms with Crippen molar-refractivity contribution in [3.05, 3.63) is 59.7 Å². The third kappa shape index (κ3) is 3.37. The molecule has 1 fully saturated rings. The van der Waals surface area contributed by atoms with E-state index < -0.39 is 11.4 Å². The summed E-state index contributed by atoms with van der Waals surface area (Å²) in [5.74, 6) is -0.945. The molecule has 1 saturated heterocycles. The smallest absolute Gasteiger partial charge is 0.320 e. The lowest BCUT2D eigenvalue weighted by Crippen LogP contribution is -2.41. The van der Waals surface area contributed by atoms with Crippen molar-refractivity contribution >= 4 is 23.1 Å². The summed E-state index contributed by atoms with van der Waals surface area (Å²) in [5.41, 5.74) is 2.83. The maximum atomic E-state index is 12.8. The van der Waals surface area contributed by atoms with Gasteiger partial charge in [-0.2, -0.15) is 0 Å². The molecule has 0 N–H and O–H groups in total. The van der Waals surface area contributed by atoms with Gasteiger partial charge in [-0.1, -0.05) is 24.3 Å². The van der Waals surface area contributed by atoms with Crippen LogP contribution >= 0.6 is 0 Å². The quantitative estimate of drug-likeness (QED) is 0.567. The first-order valence-corrected chi connectivity index (χ1v) is 9.50. The Morgan fingerprint density at radius 3 is 1.61 bits per heavy atom. The zero-order chi connectivity index (χ0) is 20.5. The minimum atomic E-state index is -1.18. The molecule has 1 heterocycles. The second-order valence-corrected chi connectivity index (χ2v) is 7.82. The number of hydrogen-bond donors (Lipinski definition) is 0. The van der Waals surface area contributed by atoms with E-state index in [9.17, 15) is 9.59 Å². The molecule has 0 bridgehead atoms. The number of esters is 1. The fourth-order valence-electron chi connectivity index (χ4n) is 4.01. The second kappa shape index (κ2) is 7.66. The largest absolute Gasteiger partial charge is 0.465 e. The summed E-state index contributed by atoms with van der Waals surface area (Å²) in [7, 11) is 7.94. The van der Waals surface area contributed by atoms with Crippen LogP contribution in [-0.2, 0) is 14.3 Å². The number of carbonyl (C=O) groups excluding carboxylic acids is 2. The summed E-state index contributed by atoms with van der Waals surface area (Å²) in [5, 5.41) is 0. The number of ketones is 1. The van der Waals surface area contributed by atoms with Crippen molar-refractivity contribution in [1.82, 2.24) is 0 Å². The van der Waals surface area contributed by atoms with Gasteiger partial charge in [-0.15, -0.1) is 0 Å². The molecule has 1 aliphatic rings. The van der Waals surface area contributed by atoms with Crippen LogP contribution in [0.25, 0.3) is 0 Å². The molecular weight excluding hydrogens is 352 g/mol. The number of cyclic esters (lactones) is 1. The lowest BCUT2D eigenvalue weighted by Gasteiger charge is -2.33. The number of rotatable bonds is 6. The lowest BCUT2D eigenvalue weighted by atomic mass is 9.65. The van der Waals surface area contributed by atoms with Gasteiger partial charge in [0.15, 0.2) is 0 Å². The van der Waals surface area contributed by atoms with Gasteiger partial charge in [0.05, 0.1) is 6.61 Å². The Hall–Kier alpha value is -2.82. The maximum absolute atomic E-state index is 12.8. The van der Waals surface area contributed by atoms with Crippen LogP contribution in [0, 0.1) is 5.41 Å². The van der Waals surface area contributed by atoms with Gasteiger partial charge in [0, 0.05) is 51.9 Å². The van der Waals surface area contributed by atoms with E-state index in [1.165, 1.54) is 6.92 Å². The number of ether oxygens (including phenoxy) is 1. The number of nitrogens with zero attached hydrogens (tertiary/aromatic N) is 2.